The molecule has 2 N–H and O–H groups in total. The summed E-state index contributed by atoms with van der Waals surface area (Å²) in [7, 11) is 1.67. The molecule has 10 heteroatoms. The van der Waals surface area contributed by atoms with Crippen LogP contribution in [0, 0.1) is 0 Å². The molecule has 0 bridgehead atoms. The van der Waals surface area contributed by atoms with Gasteiger partial charge in [0.25, 0.3) is 5.56 Å². The molecule has 4 heterocycles. The Bertz CT molecular complexity index is 1530. The average molecular weight is 535 g/mol. The normalized spacial score (nSPS) is 18.0. The van der Waals surface area contributed by atoms with Crippen LogP contribution in [-0.4, -0.2) is 59.9 Å². The first kappa shape index (κ1) is 26.1. The molecule has 0 saturated carbocycles. The monoisotopic (exact) mass is 534 g/mol. The van der Waals surface area contributed by atoms with Gasteiger partial charge < -0.3 is 24.6 Å². The minimum absolute atomic E-state index is 0.0888. The number of aryl methyl sites for hydroxylation is 1. The van der Waals surface area contributed by atoms with Gasteiger partial charge in [0, 0.05) is 36.8 Å². The van der Waals surface area contributed by atoms with Crippen LogP contribution >= 0.6 is 0 Å². The van der Waals surface area contributed by atoms with Gasteiger partial charge in [-0.1, -0.05) is 44.3 Å². The molecule has 2 aromatic heterocycles. The van der Waals surface area contributed by atoms with E-state index in [-0.39, 0.29) is 24.6 Å². The molecule has 3 aromatic rings. The molecule has 2 aliphatic heterocycles. The van der Waals surface area contributed by atoms with Gasteiger partial charge in [0.2, 0.25) is 0 Å². The zero-order valence-electron chi connectivity index (χ0n) is 22.6. The highest BCUT2D eigenvalue weighted by atomic mass is 28.3. The average Bonchev–Trinajstić information content (AvgIpc) is 3.26. The lowest BCUT2D eigenvalue weighted by Gasteiger charge is -2.31. The van der Waals surface area contributed by atoms with Gasteiger partial charge in [0.15, 0.2) is 5.60 Å². The fourth-order valence-electron chi connectivity index (χ4n) is 5.42. The van der Waals surface area contributed by atoms with E-state index in [0.29, 0.717) is 29.5 Å². The molecule has 200 valence electrons. The molecule has 0 saturated heterocycles. The van der Waals surface area contributed by atoms with E-state index >= 15 is 0 Å². The van der Waals surface area contributed by atoms with Crippen molar-refractivity contribution in [3.05, 3.63) is 62.9 Å². The van der Waals surface area contributed by atoms with Gasteiger partial charge >= 0.3 is 12.0 Å². The first-order valence-electron chi connectivity index (χ1n) is 13.0. The highest BCUT2D eigenvalue weighted by molar-refractivity contribution is 6.77. The van der Waals surface area contributed by atoms with Crippen LogP contribution in [0.4, 0.5) is 4.79 Å². The molecule has 38 heavy (non-hydrogen) atoms. The van der Waals surface area contributed by atoms with Gasteiger partial charge in [0.05, 0.1) is 37.1 Å². The number of esters is 1. The highest BCUT2D eigenvalue weighted by Crippen LogP contribution is 2.40. The molecule has 0 unspecified atom stereocenters. The van der Waals surface area contributed by atoms with Crippen molar-refractivity contribution in [2.24, 2.45) is 0 Å². The number of nitrogens with zero attached hydrogens (tertiary/aromatic N) is 3. The number of fused-ring (bicyclic) bond motifs is 5. The van der Waals surface area contributed by atoms with Gasteiger partial charge in [-0.05, 0) is 30.5 Å². The Balaban J connectivity index is 1.58. The third-order valence-electron chi connectivity index (χ3n) is 7.89. The Morgan fingerprint density at radius 2 is 1.97 bits per heavy atom. The summed E-state index contributed by atoms with van der Waals surface area (Å²) in [6, 6.07) is 10.6. The van der Waals surface area contributed by atoms with E-state index in [0.717, 1.165) is 40.2 Å². The first-order chi connectivity index (χ1) is 18.0. The van der Waals surface area contributed by atoms with Crippen molar-refractivity contribution in [3.63, 3.8) is 0 Å². The molecule has 0 fully saturated rings. The van der Waals surface area contributed by atoms with Gasteiger partial charge in [-0.3, -0.25) is 4.79 Å². The SMILES string of the molecule is CC[C@@]1(O)C(=O)OCc2c1cc1n(c2=O)Cc2c-1nc1ccccc1c2CC[Si](C)(C)CNC(=O)N(C)C. The number of carbonyl (C=O) groups excluding carboxylic acids is 2. The second kappa shape index (κ2) is 9.35. The molecule has 1 aromatic carbocycles. The van der Waals surface area contributed by atoms with E-state index in [4.69, 9.17) is 9.72 Å². The number of pyridine rings is 2. The summed E-state index contributed by atoms with van der Waals surface area (Å²) in [5.74, 6) is -0.726. The van der Waals surface area contributed by atoms with Crippen molar-refractivity contribution in [2.45, 2.75) is 57.7 Å². The lowest BCUT2D eigenvalue weighted by Crippen LogP contribution is -2.46. The largest absolute Gasteiger partial charge is 0.458 e. The van der Waals surface area contributed by atoms with E-state index < -0.39 is 19.6 Å². The van der Waals surface area contributed by atoms with Crippen molar-refractivity contribution in [2.75, 3.05) is 20.3 Å². The molecule has 5 rings (SSSR count). The summed E-state index contributed by atoms with van der Waals surface area (Å²) >= 11 is 0. The number of cyclic esters (lactones) is 1. The van der Waals surface area contributed by atoms with Crippen LogP contribution in [0.3, 0.4) is 0 Å². The molecule has 1 atom stereocenters. The number of para-hydroxylation sites is 1. The number of urea groups is 1. The number of benzene rings is 1. The lowest BCUT2D eigenvalue weighted by molar-refractivity contribution is -0.172. The Morgan fingerprint density at radius 3 is 2.68 bits per heavy atom. The van der Waals surface area contributed by atoms with Gasteiger partial charge in [0.1, 0.15) is 6.61 Å². The number of ether oxygens (including phenoxy) is 1. The van der Waals surface area contributed by atoms with Crippen LogP contribution in [-0.2, 0) is 34.7 Å². The number of aromatic nitrogens is 2. The van der Waals surface area contributed by atoms with Crippen molar-refractivity contribution in [3.8, 4) is 11.4 Å². The first-order valence-corrected chi connectivity index (χ1v) is 16.4. The molecular weight excluding hydrogens is 500 g/mol. The van der Waals surface area contributed by atoms with Crippen LogP contribution in [0.5, 0.6) is 0 Å². The quantitative estimate of drug-likeness (QED) is 0.290. The van der Waals surface area contributed by atoms with Crippen molar-refractivity contribution >= 4 is 31.0 Å². The topological polar surface area (TPSA) is 114 Å². The van der Waals surface area contributed by atoms with E-state index in [1.54, 1.807) is 36.6 Å². The zero-order chi connectivity index (χ0) is 27.4. The number of hydrogen-bond acceptors (Lipinski definition) is 6. The smallest absolute Gasteiger partial charge is 0.343 e. The molecule has 2 amide bonds. The Morgan fingerprint density at radius 1 is 1.24 bits per heavy atom. The minimum atomic E-state index is -1.85. The van der Waals surface area contributed by atoms with Crippen molar-refractivity contribution < 1.29 is 19.4 Å². The fraction of sp³-hybridized carbons (Fsp3) is 0.429. The third kappa shape index (κ3) is 4.21. The predicted molar refractivity (Wildman–Crippen MR) is 148 cm³/mol. The minimum Gasteiger partial charge on any atom is -0.458 e. The van der Waals surface area contributed by atoms with Crippen LogP contribution in [0.1, 0.15) is 35.6 Å². The maximum absolute atomic E-state index is 13.6. The van der Waals surface area contributed by atoms with E-state index in [9.17, 15) is 19.5 Å². The molecule has 0 aliphatic carbocycles. The molecular formula is C28H34N4O5Si. The number of carbonyl (C=O) groups is 2. The maximum atomic E-state index is 13.6. The summed E-state index contributed by atoms with van der Waals surface area (Å²) in [4.78, 5) is 44.7. The number of rotatable bonds is 6. The Hall–Kier alpha value is -3.50. The van der Waals surface area contributed by atoms with E-state index in [1.807, 2.05) is 18.2 Å². The fourth-order valence-corrected chi connectivity index (χ4v) is 7.16. The Labute approximate surface area is 222 Å². The zero-order valence-corrected chi connectivity index (χ0v) is 23.6. The third-order valence-corrected chi connectivity index (χ3v) is 10.6. The Kier molecular flexibility index (Phi) is 6.43. The number of nitrogens with one attached hydrogen (secondary N) is 1. The number of amides is 2. The number of hydrogen-bond donors (Lipinski definition) is 2. The van der Waals surface area contributed by atoms with E-state index in [1.165, 1.54) is 0 Å². The molecule has 0 spiro atoms. The van der Waals surface area contributed by atoms with Crippen molar-refractivity contribution in [1.29, 1.82) is 0 Å². The lowest BCUT2D eigenvalue weighted by atomic mass is 9.86. The highest BCUT2D eigenvalue weighted by Gasteiger charge is 2.45. The van der Waals surface area contributed by atoms with Crippen LogP contribution in [0.15, 0.2) is 35.1 Å². The van der Waals surface area contributed by atoms with Crippen LogP contribution in [0.25, 0.3) is 22.3 Å². The van der Waals surface area contributed by atoms with Gasteiger partial charge in [-0.25, -0.2) is 14.6 Å². The second-order valence-electron chi connectivity index (χ2n) is 11.3. The summed E-state index contributed by atoms with van der Waals surface area (Å²) in [5.41, 5.74) is 2.86. The van der Waals surface area contributed by atoms with E-state index in [2.05, 4.69) is 24.5 Å². The predicted octanol–water partition coefficient (Wildman–Crippen LogP) is 3.14. The maximum Gasteiger partial charge on any atom is 0.343 e. The van der Waals surface area contributed by atoms with Crippen LogP contribution in [0.2, 0.25) is 19.1 Å². The van der Waals surface area contributed by atoms with Crippen LogP contribution < -0.4 is 10.9 Å². The summed E-state index contributed by atoms with van der Waals surface area (Å²) in [6.07, 6.45) is 1.58. The summed E-state index contributed by atoms with van der Waals surface area (Å²) in [5, 5.41) is 15.3. The standard InChI is InChI=1S/C28H34N4O5Si/c1-6-28(36)21-13-23-24-19(14-32(23)25(33)20(21)15-37-26(28)34)17(18-9-7-8-10-22(18)30-24)11-12-38(4,5)16-29-27(35)31(2)3/h7-10,13,36H,6,11-12,14-16H2,1-5H3,(H,29,35)/t28-/m0/s1. The summed E-state index contributed by atoms with van der Waals surface area (Å²) in [6.45, 7) is 6.46. The molecule has 0 radical (unpaired) electrons. The van der Waals surface area contributed by atoms with Gasteiger partial charge in [-0.15, -0.1) is 0 Å². The molecule has 9 nitrogen and oxygen atoms in total. The summed E-state index contributed by atoms with van der Waals surface area (Å²) < 4.78 is 6.89. The molecule has 2 aliphatic rings. The van der Waals surface area contributed by atoms with Gasteiger partial charge in [-0.2, -0.15) is 0 Å². The second-order valence-corrected chi connectivity index (χ2v) is 16.4. The van der Waals surface area contributed by atoms with Crippen molar-refractivity contribution in [1.82, 2.24) is 19.8 Å². The number of aliphatic hydroxyl groups is 1.